The Morgan fingerprint density at radius 2 is 2.40 bits per heavy atom. The first kappa shape index (κ1) is 13.5. The molecule has 20 heavy (non-hydrogen) atoms. The molecule has 0 saturated carbocycles. The topological polar surface area (TPSA) is 54.5 Å². The molecule has 0 aliphatic carbocycles. The third kappa shape index (κ3) is 2.30. The van der Waals surface area contributed by atoms with Gasteiger partial charge in [-0.05, 0) is 6.07 Å². The van der Waals surface area contributed by atoms with Crippen LogP contribution in [-0.2, 0) is 4.74 Å². The highest BCUT2D eigenvalue weighted by Crippen LogP contribution is 2.36. The van der Waals surface area contributed by atoms with Gasteiger partial charge in [-0.3, -0.25) is 4.79 Å². The van der Waals surface area contributed by atoms with Crippen LogP contribution in [0.25, 0.3) is 10.2 Å². The number of rotatable bonds is 2. The van der Waals surface area contributed by atoms with Gasteiger partial charge < -0.3 is 15.0 Å². The van der Waals surface area contributed by atoms with Gasteiger partial charge in [0.25, 0.3) is 5.91 Å². The lowest BCUT2D eigenvalue weighted by Gasteiger charge is -2.25. The molecular weight excluding hydrogens is 274 g/mol. The predicted molar refractivity (Wildman–Crippen MR) is 79.2 cm³/mol. The molecule has 1 aliphatic rings. The molecule has 0 radical (unpaired) electrons. The fourth-order valence-corrected chi connectivity index (χ4v) is 3.60. The molecular formula is C14H17N3O2S. The number of aromatic nitrogens is 1. The number of hydrogen-bond donors (Lipinski definition) is 1. The zero-order chi connectivity index (χ0) is 14.1. The molecule has 5 nitrogen and oxygen atoms in total. The second-order valence-electron chi connectivity index (χ2n) is 4.96. The Morgan fingerprint density at radius 3 is 3.10 bits per heavy atom. The molecule has 1 N–H and O–H groups in total. The van der Waals surface area contributed by atoms with Crippen molar-refractivity contribution >= 4 is 27.5 Å². The van der Waals surface area contributed by atoms with Crippen molar-refractivity contribution in [2.75, 3.05) is 33.8 Å². The van der Waals surface area contributed by atoms with E-state index >= 15 is 0 Å². The van der Waals surface area contributed by atoms with E-state index in [1.165, 1.54) is 11.3 Å². The Hall–Kier alpha value is -1.50. The summed E-state index contributed by atoms with van der Waals surface area (Å²) in [5, 5.41) is 4.34. The van der Waals surface area contributed by atoms with Gasteiger partial charge in [-0.2, -0.15) is 0 Å². The quantitative estimate of drug-likeness (QED) is 0.914. The summed E-state index contributed by atoms with van der Waals surface area (Å²) in [4.78, 5) is 20.0. The highest BCUT2D eigenvalue weighted by atomic mass is 32.1. The van der Waals surface area contributed by atoms with E-state index < -0.39 is 0 Å². The summed E-state index contributed by atoms with van der Waals surface area (Å²) in [7, 11) is 3.54. The molecule has 1 fully saturated rings. The van der Waals surface area contributed by atoms with Gasteiger partial charge in [0.05, 0.1) is 12.7 Å². The average molecular weight is 291 g/mol. The first-order valence-electron chi connectivity index (χ1n) is 6.60. The monoisotopic (exact) mass is 291 g/mol. The molecule has 0 bridgehead atoms. The Balaban J connectivity index is 2.14. The van der Waals surface area contributed by atoms with Crippen molar-refractivity contribution in [1.29, 1.82) is 0 Å². The van der Waals surface area contributed by atoms with Crippen LogP contribution in [0.15, 0.2) is 18.3 Å². The maximum absolute atomic E-state index is 12.4. The number of carbonyl (C=O) groups is 1. The highest BCUT2D eigenvalue weighted by Gasteiger charge is 2.28. The molecule has 2 aromatic heterocycles. The van der Waals surface area contributed by atoms with Gasteiger partial charge in [-0.25, -0.2) is 4.98 Å². The lowest BCUT2D eigenvalue weighted by atomic mass is 10.0. The second-order valence-corrected chi connectivity index (χ2v) is 5.96. The van der Waals surface area contributed by atoms with Crippen molar-refractivity contribution in [2.45, 2.75) is 6.10 Å². The molecule has 3 heterocycles. The van der Waals surface area contributed by atoms with Crippen molar-refractivity contribution < 1.29 is 9.53 Å². The van der Waals surface area contributed by atoms with E-state index in [0.717, 1.165) is 33.7 Å². The Morgan fingerprint density at radius 1 is 1.55 bits per heavy atom. The van der Waals surface area contributed by atoms with Crippen LogP contribution in [0.2, 0.25) is 0 Å². The number of nitrogens with one attached hydrogen (secondary N) is 1. The molecule has 2 aromatic rings. The Bertz CT molecular complexity index is 632. The first-order chi connectivity index (χ1) is 9.68. The van der Waals surface area contributed by atoms with E-state index in [2.05, 4.69) is 10.3 Å². The fraction of sp³-hybridized carbons (Fsp3) is 0.429. The number of fused-ring (bicyclic) bond motifs is 1. The summed E-state index contributed by atoms with van der Waals surface area (Å²) in [5.74, 6) is 0.0113. The molecule has 6 heteroatoms. The fourth-order valence-electron chi connectivity index (χ4n) is 2.38. The summed E-state index contributed by atoms with van der Waals surface area (Å²) in [6.07, 6.45) is 1.67. The maximum Gasteiger partial charge on any atom is 0.263 e. The minimum Gasteiger partial charge on any atom is -0.371 e. The van der Waals surface area contributed by atoms with Gasteiger partial charge in [0.15, 0.2) is 0 Å². The zero-order valence-electron chi connectivity index (χ0n) is 11.5. The molecule has 1 atom stereocenters. The number of ether oxygens (including phenoxy) is 1. The summed E-state index contributed by atoms with van der Waals surface area (Å²) in [6, 6.07) is 3.91. The minimum atomic E-state index is -0.0828. The van der Waals surface area contributed by atoms with Gasteiger partial charge >= 0.3 is 0 Å². The third-order valence-corrected chi connectivity index (χ3v) is 4.47. The van der Waals surface area contributed by atoms with Gasteiger partial charge in [0.2, 0.25) is 0 Å². The van der Waals surface area contributed by atoms with Crippen LogP contribution >= 0.6 is 11.3 Å². The predicted octanol–water partition coefficient (Wildman–Crippen LogP) is 1.66. The number of hydrogen-bond acceptors (Lipinski definition) is 5. The normalized spacial score (nSPS) is 19.2. The maximum atomic E-state index is 12.4. The van der Waals surface area contributed by atoms with Crippen LogP contribution in [0.5, 0.6) is 0 Å². The number of amides is 1. The number of morpholine rings is 1. The largest absolute Gasteiger partial charge is 0.371 e. The lowest BCUT2D eigenvalue weighted by molar-refractivity contribution is 0.0280. The van der Waals surface area contributed by atoms with Crippen LogP contribution in [0, 0.1) is 0 Å². The average Bonchev–Trinajstić information content (AvgIpc) is 2.86. The smallest absolute Gasteiger partial charge is 0.263 e. The van der Waals surface area contributed by atoms with Crippen molar-refractivity contribution in [2.24, 2.45) is 0 Å². The summed E-state index contributed by atoms with van der Waals surface area (Å²) in [5.41, 5.74) is 0.976. The number of pyridine rings is 1. The molecule has 0 aromatic carbocycles. The van der Waals surface area contributed by atoms with Crippen molar-refractivity contribution in [3.8, 4) is 0 Å². The van der Waals surface area contributed by atoms with Gasteiger partial charge in [0, 0.05) is 44.3 Å². The number of carbonyl (C=O) groups excluding carboxylic acids is 1. The van der Waals surface area contributed by atoms with E-state index in [1.54, 1.807) is 25.2 Å². The molecule has 3 rings (SSSR count). The van der Waals surface area contributed by atoms with Crippen LogP contribution < -0.4 is 5.32 Å². The summed E-state index contributed by atoms with van der Waals surface area (Å²) < 4.78 is 5.85. The number of thiophene rings is 1. The van der Waals surface area contributed by atoms with E-state index in [1.807, 2.05) is 12.1 Å². The van der Waals surface area contributed by atoms with Crippen LogP contribution in [-0.4, -0.2) is 49.6 Å². The van der Waals surface area contributed by atoms with Crippen molar-refractivity contribution in [1.82, 2.24) is 15.2 Å². The summed E-state index contributed by atoms with van der Waals surface area (Å²) >= 11 is 1.44. The Kier molecular flexibility index (Phi) is 3.69. The molecule has 1 amide bonds. The van der Waals surface area contributed by atoms with Gasteiger partial charge in [-0.15, -0.1) is 11.3 Å². The Labute approximate surface area is 121 Å². The second kappa shape index (κ2) is 5.47. The molecule has 106 valence electrons. The van der Waals surface area contributed by atoms with Crippen LogP contribution in [0.3, 0.4) is 0 Å². The molecule has 1 saturated heterocycles. The van der Waals surface area contributed by atoms with Crippen LogP contribution in [0.1, 0.15) is 21.3 Å². The van der Waals surface area contributed by atoms with Crippen molar-refractivity contribution in [3.63, 3.8) is 0 Å². The third-order valence-electron chi connectivity index (χ3n) is 3.35. The molecule has 0 spiro atoms. The zero-order valence-corrected chi connectivity index (χ0v) is 12.4. The van der Waals surface area contributed by atoms with Crippen molar-refractivity contribution in [3.05, 3.63) is 28.8 Å². The van der Waals surface area contributed by atoms with E-state index in [-0.39, 0.29) is 12.0 Å². The van der Waals surface area contributed by atoms with Crippen LogP contribution in [0.4, 0.5) is 0 Å². The molecule has 0 unspecified atom stereocenters. The highest BCUT2D eigenvalue weighted by molar-refractivity contribution is 7.20. The van der Waals surface area contributed by atoms with E-state index in [9.17, 15) is 4.79 Å². The minimum absolute atomic E-state index is 0.0113. The van der Waals surface area contributed by atoms with E-state index in [4.69, 9.17) is 4.74 Å². The standard InChI is InChI=1S/C14H17N3O2S/c1-17(2)14(18)12-11(10-8-15-6-7-19-10)9-4-3-5-16-13(9)20-12/h3-5,10,15H,6-8H2,1-2H3/t10-/m1/s1. The SMILES string of the molecule is CN(C)C(=O)c1sc2ncccc2c1[C@H]1CNCCO1. The van der Waals surface area contributed by atoms with Gasteiger partial charge in [0.1, 0.15) is 9.71 Å². The lowest BCUT2D eigenvalue weighted by Crippen LogP contribution is -2.34. The first-order valence-corrected chi connectivity index (χ1v) is 7.41. The molecule has 1 aliphatic heterocycles. The number of nitrogens with zero attached hydrogens (tertiary/aromatic N) is 2. The van der Waals surface area contributed by atoms with Gasteiger partial charge in [-0.1, -0.05) is 6.07 Å². The van der Waals surface area contributed by atoms with E-state index in [0.29, 0.717) is 6.61 Å². The summed E-state index contributed by atoms with van der Waals surface area (Å²) in [6.45, 7) is 2.25.